The van der Waals surface area contributed by atoms with Crippen molar-refractivity contribution in [3.05, 3.63) is 28.3 Å². The Morgan fingerprint density at radius 3 is 2.42 bits per heavy atom. The van der Waals surface area contributed by atoms with Crippen molar-refractivity contribution < 1.29 is 39.1 Å². The summed E-state index contributed by atoms with van der Waals surface area (Å²) in [6.07, 6.45) is -0.129. The van der Waals surface area contributed by atoms with Crippen LogP contribution in [0, 0.1) is 0 Å². The van der Waals surface area contributed by atoms with Crippen LogP contribution in [0.3, 0.4) is 0 Å². The summed E-state index contributed by atoms with van der Waals surface area (Å²) in [6, 6.07) is 2.50. The normalized spacial score (nSPS) is 26.0. The summed E-state index contributed by atoms with van der Waals surface area (Å²) in [7, 11) is 0. The summed E-state index contributed by atoms with van der Waals surface area (Å²) in [5.41, 5.74) is -0.585. The molecule has 0 aromatic carbocycles. The summed E-state index contributed by atoms with van der Waals surface area (Å²) in [6.45, 7) is 1.56. The molecule has 9 nitrogen and oxygen atoms in total. The Bertz CT molecular complexity index is 730. The van der Waals surface area contributed by atoms with Crippen molar-refractivity contribution in [2.75, 3.05) is 6.61 Å². The summed E-state index contributed by atoms with van der Waals surface area (Å²) in [5.74, 6) is 0.474. The van der Waals surface area contributed by atoms with Gasteiger partial charge in [0, 0.05) is 25.3 Å². The second kappa shape index (κ2) is 12.9. The van der Waals surface area contributed by atoms with Crippen LogP contribution in [0.5, 0.6) is 5.75 Å². The quantitative estimate of drug-likeness (QED) is 0.329. The molecule has 1 aromatic rings. The highest BCUT2D eigenvalue weighted by Gasteiger charge is 2.45. The number of carbonyl (C=O) groups excluding carboxylic acids is 1. The Labute approximate surface area is 181 Å². The maximum Gasteiger partial charge on any atom is 0.336 e. The molecule has 0 bridgehead atoms. The number of ketones is 1. The van der Waals surface area contributed by atoms with Gasteiger partial charge in [-0.15, -0.1) is 0 Å². The van der Waals surface area contributed by atoms with Crippen LogP contribution in [0.1, 0.15) is 64.1 Å². The molecule has 1 saturated heterocycles. The monoisotopic (exact) mass is 442 g/mol. The van der Waals surface area contributed by atoms with E-state index in [2.05, 4.69) is 6.92 Å². The molecule has 0 saturated carbocycles. The van der Waals surface area contributed by atoms with Gasteiger partial charge in [-0.05, 0) is 18.9 Å². The van der Waals surface area contributed by atoms with Gasteiger partial charge >= 0.3 is 5.63 Å². The van der Waals surface area contributed by atoms with Crippen LogP contribution in [0.2, 0.25) is 0 Å². The molecule has 5 atom stereocenters. The Kier molecular flexibility index (Phi) is 10.6. The predicted molar refractivity (Wildman–Crippen MR) is 111 cm³/mol. The lowest BCUT2D eigenvalue weighted by Crippen LogP contribution is -2.60. The fourth-order valence-electron chi connectivity index (χ4n) is 3.51. The van der Waals surface area contributed by atoms with Gasteiger partial charge in [0.1, 0.15) is 36.0 Å². The third-order valence-corrected chi connectivity index (χ3v) is 5.38. The number of hydrogen-bond donors (Lipinski definition) is 4. The zero-order valence-corrected chi connectivity index (χ0v) is 17.9. The minimum atomic E-state index is -1.58. The second-order valence-corrected chi connectivity index (χ2v) is 7.91. The van der Waals surface area contributed by atoms with Gasteiger partial charge < -0.3 is 34.3 Å². The molecular weight excluding hydrogens is 408 g/mol. The maximum absolute atomic E-state index is 12.1. The molecule has 31 heavy (non-hydrogen) atoms. The first-order valence-corrected chi connectivity index (χ1v) is 11.0. The highest BCUT2D eigenvalue weighted by Crippen LogP contribution is 2.26. The molecule has 1 aliphatic heterocycles. The average molecular weight is 443 g/mol. The molecule has 0 amide bonds. The highest BCUT2D eigenvalue weighted by molar-refractivity contribution is 5.78. The van der Waals surface area contributed by atoms with Crippen LogP contribution >= 0.6 is 0 Å². The van der Waals surface area contributed by atoms with Crippen molar-refractivity contribution in [2.45, 2.75) is 95.4 Å². The Balaban J connectivity index is 1.92. The van der Waals surface area contributed by atoms with E-state index in [1.165, 1.54) is 12.5 Å². The SMILES string of the molecule is CCCCCCCC(=O)CCCc1oc(=O)ccc1OC1OC(CO)C(O)C(O)C1O. The molecule has 2 heterocycles. The lowest BCUT2D eigenvalue weighted by molar-refractivity contribution is -0.277. The van der Waals surface area contributed by atoms with Gasteiger partial charge in [0.15, 0.2) is 5.75 Å². The second-order valence-electron chi connectivity index (χ2n) is 7.91. The van der Waals surface area contributed by atoms with E-state index >= 15 is 0 Å². The number of rotatable bonds is 13. The third kappa shape index (κ3) is 7.69. The van der Waals surface area contributed by atoms with Gasteiger partial charge in [-0.2, -0.15) is 0 Å². The third-order valence-electron chi connectivity index (χ3n) is 5.38. The van der Waals surface area contributed by atoms with Crippen LogP contribution in [0.15, 0.2) is 21.3 Å². The van der Waals surface area contributed by atoms with Gasteiger partial charge in [0.2, 0.25) is 6.29 Å². The van der Waals surface area contributed by atoms with E-state index in [-0.39, 0.29) is 23.7 Å². The summed E-state index contributed by atoms with van der Waals surface area (Å²) < 4.78 is 16.1. The predicted octanol–water partition coefficient (Wildman–Crippen LogP) is 1.07. The minimum absolute atomic E-state index is 0.121. The molecular formula is C22H34O9. The van der Waals surface area contributed by atoms with Crippen LogP contribution in [0.25, 0.3) is 0 Å². The molecule has 1 aliphatic rings. The Morgan fingerprint density at radius 1 is 1.00 bits per heavy atom. The lowest BCUT2D eigenvalue weighted by Gasteiger charge is -2.39. The molecule has 0 radical (unpaired) electrons. The number of hydrogen-bond acceptors (Lipinski definition) is 9. The number of Topliss-reactive ketones (excluding diaryl/α,β-unsaturated/α-hetero) is 1. The van der Waals surface area contributed by atoms with Gasteiger partial charge in [-0.3, -0.25) is 4.79 Å². The van der Waals surface area contributed by atoms with Gasteiger partial charge in [-0.1, -0.05) is 32.6 Å². The van der Waals surface area contributed by atoms with Gasteiger partial charge in [0.25, 0.3) is 0 Å². The fourth-order valence-corrected chi connectivity index (χ4v) is 3.51. The van der Waals surface area contributed by atoms with Crippen LogP contribution in [-0.2, 0) is 16.0 Å². The van der Waals surface area contributed by atoms with E-state index in [0.29, 0.717) is 19.3 Å². The smallest absolute Gasteiger partial charge is 0.336 e. The Morgan fingerprint density at radius 2 is 1.71 bits per heavy atom. The first-order chi connectivity index (χ1) is 14.9. The molecule has 1 fully saturated rings. The van der Waals surface area contributed by atoms with E-state index in [1.807, 2.05) is 0 Å². The average Bonchev–Trinajstić information content (AvgIpc) is 2.75. The van der Waals surface area contributed by atoms with Crippen LogP contribution in [-0.4, -0.2) is 63.5 Å². The largest absolute Gasteiger partial charge is 0.458 e. The molecule has 4 N–H and O–H groups in total. The first-order valence-electron chi connectivity index (χ1n) is 11.0. The molecule has 0 aliphatic carbocycles. The topological polar surface area (TPSA) is 147 Å². The van der Waals surface area contributed by atoms with Gasteiger partial charge in [0.05, 0.1) is 6.61 Å². The van der Waals surface area contributed by atoms with E-state index < -0.39 is 42.9 Å². The highest BCUT2D eigenvalue weighted by atomic mass is 16.7. The standard InChI is InChI=1S/C22H34O9/c1-2-3-4-5-6-8-14(24)9-7-10-15-16(11-12-18(25)29-15)30-22-21(28)20(27)19(26)17(13-23)31-22/h11-12,17,19-23,26-28H,2-10,13H2,1H3. The summed E-state index contributed by atoms with van der Waals surface area (Å²) in [4.78, 5) is 23.7. The van der Waals surface area contributed by atoms with Crippen molar-refractivity contribution in [1.82, 2.24) is 0 Å². The minimum Gasteiger partial charge on any atom is -0.458 e. The van der Waals surface area contributed by atoms with E-state index in [9.17, 15) is 30.0 Å². The zero-order chi connectivity index (χ0) is 22.8. The molecule has 9 heteroatoms. The van der Waals surface area contributed by atoms with E-state index in [1.54, 1.807) is 0 Å². The molecule has 1 aromatic heterocycles. The maximum atomic E-state index is 12.1. The van der Waals surface area contributed by atoms with Crippen molar-refractivity contribution >= 4 is 5.78 Å². The van der Waals surface area contributed by atoms with Crippen molar-refractivity contribution in [3.63, 3.8) is 0 Å². The van der Waals surface area contributed by atoms with E-state index in [4.69, 9.17) is 13.9 Å². The molecule has 176 valence electrons. The fraction of sp³-hybridized carbons (Fsp3) is 0.727. The number of aliphatic hydroxyl groups is 4. The molecule has 5 unspecified atom stereocenters. The molecule has 0 spiro atoms. The number of carbonyl (C=O) groups is 1. The molecule has 2 rings (SSSR count). The van der Waals surface area contributed by atoms with E-state index in [0.717, 1.165) is 31.7 Å². The lowest BCUT2D eigenvalue weighted by atomic mass is 9.99. The Hall–Kier alpha value is -1.78. The van der Waals surface area contributed by atoms with Crippen LogP contribution < -0.4 is 10.4 Å². The number of ether oxygens (including phenoxy) is 2. The zero-order valence-electron chi connectivity index (χ0n) is 17.9. The summed E-state index contributed by atoms with van der Waals surface area (Å²) >= 11 is 0. The number of unbranched alkanes of at least 4 members (excludes halogenated alkanes) is 4. The van der Waals surface area contributed by atoms with Crippen molar-refractivity contribution in [3.8, 4) is 5.75 Å². The van der Waals surface area contributed by atoms with Crippen molar-refractivity contribution in [1.29, 1.82) is 0 Å². The summed E-state index contributed by atoms with van der Waals surface area (Å²) in [5, 5.41) is 39.2. The number of aryl methyl sites for hydroxylation is 1. The van der Waals surface area contributed by atoms with Gasteiger partial charge in [-0.25, -0.2) is 4.79 Å². The van der Waals surface area contributed by atoms with Crippen molar-refractivity contribution in [2.24, 2.45) is 0 Å². The van der Waals surface area contributed by atoms with Crippen LogP contribution in [0.4, 0.5) is 0 Å². The first kappa shape index (κ1) is 25.5. The number of aliphatic hydroxyl groups excluding tert-OH is 4.